The molecule has 0 amide bonds. The molecule has 8 nitrogen and oxygen atoms in total. The Bertz CT molecular complexity index is 1020. The van der Waals surface area contributed by atoms with E-state index in [1.807, 2.05) is 13.0 Å². The van der Waals surface area contributed by atoms with Gasteiger partial charge in [0.05, 0.1) is 22.2 Å². The van der Waals surface area contributed by atoms with Gasteiger partial charge in [0.25, 0.3) is 5.56 Å². The van der Waals surface area contributed by atoms with Crippen molar-refractivity contribution in [3.63, 3.8) is 0 Å². The molecule has 3 rings (SSSR count). The Morgan fingerprint density at radius 3 is 2.96 bits per heavy atom. The van der Waals surface area contributed by atoms with Crippen LogP contribution in [0.15, 0.2) is 40.8 Å². The minimum absolute atomic E-state index is 0.0173. The van der Waals surface area contributed by atoms with Crippen molar-refractivity contribution in [1.29, 1.82) is 0 Å². The fraction of sp³-hybridized carbons (Fsp3) is 0.188. The average molecular weight is 359 g/mol. The van der Waals surface area contributed by atoms with Gasteiger partial charge in [0, 0.05) is 17.0 Å². The first kappa shape index (κ1) is 16.8. The van der Waals surface area contributed by atoms with E-state index in [0.717, 1.165) is 16.9 Å². The molecule has 0 aliphatic rings. The van der Waals surface area contributed by atoms with Crippen molar-refractivity contribution in [1.82, 2.24) is 9.55 Å². The monoisotopic (exact) mass is 359 g/mol. The summed E-state index contributed by atoms with van der Waals surface area (Å²) in [5.41, 5.74) is 1.69. The number of fused-ring (bicyclic) bond motifs is 1. The van der Waals surface area contributed by atoms with Crippen molar-refractivity contribution in [3.05, 3.63) is 67.6 Å². The molecule has 2 heterocycles. The topological polar surface area (TPSA) is 104 Å². The van der Waals surface area contributed by atoms with Gasteiger partial charge in [0.15, 0.2) is 0 Å². The van der Waals surface area contributed by atoms with E-state index in [9.17, 15) is 19.7 Å². The molecule has 0 saturated carbocycles. The summed E-state index contributed by atoms with van der Waals surface area (Å²) < 4.78 is 6.25. The van der Waals surface area contributed by atoms with E-state index in [0.29, 0.717) is 16.5 Å². The van der Waals surface area contributed by atoms with Crippen LogP contribution in [0.4, 0.5) is 5.00 Å². The maximum Gasteiger partial charge on any atom is 0.326 e. The third kappa shape index (κ3) is 3.56. The number of aryl methyl sites for hydroxylation is 1. The summed E-state index contributed by atoms with van der Waals surface area (Å²) in [6, 6.07) is 6.62. The molecule has 9 heteroatoms. The van der Waals surface area contributed by atoms with Gasteiger partial charge >= 0.3 is 11.0 Å². The zero-order chi connectivity index (χ0) is 18.0. The number of nitro groups is 1. The van der Waals surface area contributed by atoms with Crippen LogP contribution in [0.2, 0.25) is 0 Å². The van der Waals surface area contributed by atoms with E-state index in [1.165, 1.54) is 17.0 Å². The standard InChI is InChI=1S/C16H13N3O5S/c1-10-3-2-4-12-15(10)17-9-18(16(12)21)6-14(20)24-7-11-5-13(19(22)23)25-8-11/h2-5,8-9H,6-7H2,1H3. The minimum Gasteiger partial charge on any atom is -0.459 e. The van der Waals surface area contributed by atoms with Gasteiger partial charge in [-0.2, -0.15) is 0 Å². The lowest BCUT2D eigenvalue weighted by molar-refractivity contribution is -0.380. The lowest BCUT2D eigenvalue weighted by Gasteiger charge is -2.07. The van der Waals surface area contributed by atoms with E-state index in [1.54, 1.807) is 17.5 Å². The van der Waals surface area contributed by atoms with Crippen molar-refractivity contribution in [2.24, 2.45) is 0 Å². The molecule has 0 aliphatic heterocycles. The molecule has 0 bridgehead atoms. The van der Waals surface area contributed by atoms with Crippen LogP contribution in [-0.4, -0.2) is 20.4 Å². The van der Waals surface area contributed by atoms with Gasteiger partial charge in [-0.1, -0.05) is 23.5 Å². The van der Waals surface area contributed by atoms with Crippen molar-refractivity contribution >= 4 is 33.2 Å². The highest BCUT2D eigenvalue weighted by Crippen LogP contribution is 2.23. The quantitative estimate of drug-likeness (QED) is 0.394. The number of aromatic nitrogens is 2. The highest BCUT2D eigenvalue weighted by atomic mass is 32.1. The Kier molecular flexibility index (Phi) is 4.57. The van der Waals surface area contributed by atoms with Crippen LogP contribution in [0.5, 0.6) is 0 Å². The Hall–Kier alpha value is -3.07. The van der Waals surface area contributed by atoms with Gasteiger partial charge in [-0.25, -0.2) is 4.98 Å². The maximum atomic E-state index is 12.4. The molecule has 128 valence electrons. The first-order chi connectivity index (χ1) is 12.0. The van der Waals surface area contributed by atoms with E-state index in [-0.39, 0.29) is 23.7 Å². The normalized spacial score (nSPS) is 10.8. The molecular formula is C16H13N3O5S. The first-order valence-electron chi connectivity index (χ1n) is 7.28. The lowest BCUT2D eigenvalue weighted by atomic mass is 10.1. The zero-order valence-corrected chi connectivity index (χ0v) is 14.0. The molecule has 0 spiro atoms. The molecule has 0 N–H and O–H groups in total. The number of nitrogens with zero attached hydrogens (tertiary/aromatic N) is 3. The number of carbonyl (C=O) groups excluding carboxylic acids is 1. The predicted octanol–water partition coefficient (Wildman–Crippen LogP) is 2.42. The number of benzene rings is 1. The van der Waals surface area contributed by atoms with Gasteiger partial charge in [-0.05, 0) is 18.6 Å². The van der Waals surface area contributed by atoms with Crippen LogP contribution in [0.3, 0.4) is 0 Å². The third-order valence-electron chi connectivity index (χ3n) is 3.57. The van der Waals surface area contributed by atoms with Gasteiger partial charge < -0.3 is 4.74 Å². The van der Waals surface area contributed by atoms with E-state index in [4.69, 9.17) is 4.74 Å². The Morgan fingerprint density at radius 2 is 2.24 bits per heavy atom. The summed E-state index contributed by atoms with van der Waals surface area (Å²) in [4.78, 5) is 38.7. The number of para-hydroxylation sites is 1. The molecule has 0 fully saturated rings. The summed E-state index contributed by atoms with van der Waals surface area (Å²) in [6.07, 6.45) is 1.31. The number of hydrogen-bond donors (Lipinski definition) is 0. The van der Waals surface area contributed by atoms with Crippen molar-refractivity contribution in [3.8, 4) is 0 Å². The number of esters is 1. The van der Waals surface area contributed by atoms with Crippen LogP contribution in [0.1, 0.15) is 11.1 Å². The molecule has 2 aromatic heterocycles. The zero-order valence-electron chi connectivity index (χ0n) is 13.2. The predicted molar refractivity (Wildman–Crippen MR) is 91.5 cm³/mol. The van der Waals surface area contributed by atoms with Crippen LogP contribution in [0, 0.1) is 17.0 Å². The van der Waals surface area contributed by atoms with Gasteiger partial charge in [-0.3, -0.25) is 24.3 Å². The van der Waals surface area contributed by atoms with Crippen molar-refractivity contribution in [2.45, 2.75) is 20.1 Å². The van der Waals surface area contributed by atoms with Crippen LogP contribution in [0.25, 0.3) is 10.9 Å². The number of hydrogen-bond acceptors (Lipinski definition) is 7. The molecule has 0 saturated heterocycles. The van der Waals surface area contributed by atoms with E-state index >= 15 is 0 Å². The maximum absolute atomic E-state index is 12.4. The molecule has 25 heavy (non-hydrogen) atoms. The SMILES string of the molecule is Cc1cccc2c(=O)n(CC(=O)OCc3csc([N+](=O)[O-])c3)cnc12. The van der Waals surface area contributed by atoms with E-state index in [2.05, 4.69) is 4.98 Å². The summed E-state index contributed by atoms with van der Waals surface area (Å²) in [6.45, 7) is 1.49. The second kappa shape index (κ2) is 6.81. The fourth-order valence-electron chi connectivity index (χ4n) is 2.33. The molecule has 3 aromatic rings. The first-order valence-corrected chi connectivity index (χ1v) is 8.16. The Balaban J connectivity index is 1.70. The second-order valence-electron chi connectivity index (χ2n) is 5.36. The van der Waals surface area contributed by atoms with E-state index < -0.39 is 10.9 Å². The summed E-state index contributed by atoms with van der Waals surface area (Å²) in [7, 11) is 0. The van der Waals surface area contributed by atoms with Crippen molar-refractivity contribution in [2.75, 3.05) is 0 Å². The molecule has 0 radical (unpaired) electrons. The number of ether oxygens (including phenoxy) is 1. The highest BCUT2D eigenvalue weighted by Gasteiger charge is 2.13. The number of carbonyl (C=O) groups is 1. The molecule has 0 atom stereocenters. The largest absolute Gasteiger partial charge is 0.459 e. The van der Waals surface area contributed by atoms with Crippen LogP contribution < -0.4 is 5.56 Å². The smallest absolute Gasteiger partial charge is 0.326 e. The number of thiophene rings is 1. The number of rotatable bonds is 5. The molecule has 0 aliphatic carbocycles. The molecule has 0 unspecified atom stereocenters. The minimum atomic E-state index is -0.621. The van der Waals surface area contributed by atoms with Gasteiger partial charge in [0.2, 0.25) is 0 Å². The van der Waals surface area contributed by atoms with Gasteiger partial charge in [0.1, 0.15) is 13.2 Å². The second-order valence-corrected chi connectivity index (χ2v) is 6.25. The summed E-state index contributed by atoms with van der Waals surface area (Å²) in [5, 5.41) is 12.6. The fourth-order valence-corrected chi connectivity index (χ4v) is 3.05. The summed E-state index contributed by atoms with van der Waals surface area (Å²) >= 11 is 0.963. The summed E-state index contributed by atoms with van der Waals surface area (Å²) in [5.74, 6) is -0.621. The Morgan fingerprint density at radius 1 is 1.44 bits per heavy atom. The van der Waals surface area contributed by atoms with Gasteiger partial charge in [-0.15, -0.1) is 0 Å². The van der Waals surface area contributed by atoms with Crippen molar-refractivity contribution < 1.29 is 14.5 Å². The molecular weight excluding hydrogens is 346 g/mol. The van der Waals surface area contributed by atoms with Crippen LogP contribution in [-0.2, 0) is 22.7 Å². The average Bonchev–Trinajstić information content (AvgIpc) is 3.05. The molecule has 1 aromatic carbocycles. The highest BCUT2D eigenvalue weighted by molar-refractivity contribution is 7.13. The van der Waals surface area contributed by atoms with Crippen LogP contribution >= 0.6 is 11.3 Å². The lowest BCUT2D eigenvalue weighted by Crippen LogP contribution is -2.25. The Labute approximate surface area is 145 Å². The third-order valence-corrected chi connectivity index (χ3v) is 4.50.